The zero-order chi connectivity index (χ0) is 20.9. The molecule has 4 rings (SSSR count). The highest BCUT2D eigenvalue weighted by Gasteiger charge is 2.37. The van der Waals surface area contributed by atoms with Crippen LogP contribution in [-0.2, 0) is 16.1 Å². The molecule has 2 heterocycles. The Kier molecular flexibility index (Phi) is 5.61. The van der Waals surface area contributed by atoms with Crippen molar-refractivity contribution in [2.45, 2.75) is 12.6 Å². The van der Waals surface area contributed by atoms with Crippen molar-refractivity contribution in [1.82, 2.24) is 10.3 Å². The first kappa shape index (κ1) is 19.4. The largest absolute Gasteiger partial charge is 0.496 e. The zero-order valence-electron chi connectivity index (χ0n) is 16.4. The maximum Gasteiger partial charge on any atom is 0.274 e. The van der Waals surface area contributed by atoms with E-state index in [2.05, 4.69) is 10.3 Å². The van der Waals surface area contributed by atoms with Crippen molar-refractivity contribution in [3.8, 4) is 11.5 Å². The Morgan fingerprint density at radius 3 is 2.67 bits per heavy atom. The molecule has 0 fully saturated rings. The quantitative estimate of drug-likeness (QED) is 0.685. The van der Waals surface area contributed by atoms with Gasteiger partial charge in [-0.25, -0.2) is 4.98 Å². The summed E-state index contributed by atoms with van der Waals surface area (Å²) >= 11 is 0. The summed E-state index contributed by atoms with van der Waals surface area (Å²) in [5, 5.41) is 2.85. The monoisotopic (exact) mass is 403 g/mol. The van der Waals surface area contributed by atoms with Crippen molar-refractivity contribution >= 4 is 17.6 Å². The number of nitrogens with zero attached hydrogens (tertiary/aromatic N) is 2. The fourth-order valence-electron chi connectivity index (χ4n) is 3.33. The van der Waals surface area contributed by atoms with Crippen LogP contribution in [0.3, 0.4) is 0 Å². The number of fused-ring (bicyclic) bond motifs is 1. The van der Waals surface area contributed by atoms with E-state index in [9.17, 15) is 9.59 Å². The minimum Gasteiger partial charge on any atom is -0.496 e. The molecule has 0 spiro atoms. The summed E-state index contributed by atoms with van der Waals surface area (Å²) in [7, 11) is 1.58. The maximum atomic E-state index is 13.2. The van der Waals surface area contributed by atoms with Crippen LogP contribution < -0.4 is 19.7 Å². The van der Waals surface area contributed by atoms with Gasteiger partial charge in [0.25, 0.3) is 5.91 Å². The first-order chi connectivity index (χ1) is 14.7. The third-order valence-electron chi connectivity index (χ3n) is 4.81. The lowest BCUT2D eigenvalue weighted by Gasteiger charge is -2.33. The Balaban J connectivity index is 1.53. The first-order valence-corrected chi connectivity index (χ1v) is 9.54. The second-order valence-corrected chi connectivity index (χ2v) is 6.75. The molecule has 0 saturated heterocycles. The molecule has 1 aliphatic heterocycles. The molecule has 0 aliphatic carbocycles. The van der Waals surface area contributed by atoms with Gasteiger partial charge in [0.15, 0.2) is 11.6 Å². The van der Waals surface area contributed by atoms with Crippen LogP contribution in [0, 0.1) is 0 Å². The van der Waals surface area contributed by atoms with E-state index < -0.39 is 6.10 Å². The summed E-state index contributed by atoms with van der Waals surface area (Å²) in [6.07, 6.45) is 0.739. The minimum atomic E-state index is -0.829. The highest BCUT2D eigenvalue weighted by Crippen LogP contribution is 2.36. The molecule has 1 unspecified atom stereocenters. The molecule has 3 aromatic rings. The Morgan fingerprint density at radius 1 is 1.10 bits per heavy atom. The molecule has 0 radical (unpaired) electrons. The molecule has 0 bridgehead atoms. The highest BCUT2D eigenvalue weighted by molar-refractivity contribution is 6.03. The first-order valence-electron chi connectivity index (χ1n) is 9.54. The van der Waals surface area contributed by atoms with Gasteiger partial charge in [0, 0.05) is 23.9 Å². The third-order valence-corrected chi connectivity index (χ3v) is 4.81. The van der Waals surface area contributed by atoms with E-state index in [1.165, 1.54) is 4.90 Å². The average Bonchev–Trinajstić information content (AvgIpc) is 2.80. The van der Waals surface area contributed by atoms with E-state index in [0.29, 0.717) is 23.9 Å². The number of hydrogen-bond acceptors (Lipinski definition) is 5. The van der Waals surface area contributed by atoms with Crippen molar-refractivity contribution in [2.75, 3.05) is 18.6 Å². The van der Waals surface area contributed by atoms with Crippen molar-refractivity contribution in [1.29, 1.82) is 0 Å². The highest BCUT2D eigenvalue weighted by atomic mass is 16.5. The van der Waals surface area contributed by atoms with Crippen LogP contribution in [-0.4, -0.2) is 30.5 Å². The Hall–Kier alpha value is -3.87. The second-order valence-electron chi connectivity index (χ2n) is 6.75. The number of nitrogens with one attached hydrogen (secondary N) is 1. The van der Waals surface area contributed by atoms with Gasteiger partial charge in [-0.3, -0.25) is 14.5 Å². The predicted octanol–water partition coefficient (Wildman–Crippen LogP) is 2.87. The van der Waals surface area contributed by atoms with E-state index >= 15 is 0 Å². The van der Waals surface area contributed by atoms with Crippen molar-refractivity contribution in [2.24, 2.45) is 0 Å². The summed E-state index contributed by atoms with van der Waals surface area (Å²) < 4.78 is 11.2. The van der Waals surface area contributed by atoms with Crippen LogP contribution in [0.4, 0.5) is 5.82 Å². The number of para-hydroxylation sites is 1. The summed E-state index contributed by atoms with van der Waals surface area (Å²) in [6, 6.07) is 20.1. The summed E-state index contributed by atoms with van der Waals surface area (Å²) in [6.45, 7) is 0.128. The van der Waals surface area contributed by atoms with E-state index in [1.54, 1.807) is 25.4 Å². The number of carbonyl (C=O) groups excluding carboxylic acids is 2. The van der Waals surface area contributed by atoms with Gasteiger partial charge in [0.05, 0.1) is 7.11 Å². The number of amides is 2. The average molecular weight is 403 g/mol. The molecule has 1 aromatic heterocycles. The van der Waals surface area contributed by atoms with Gasteiger partial charge >= 0.3 is 0 Å². The number of carbonyl (C=O) groups is 2. The topological polar surface area (TPSA) is 80.8 Å². The molecular formula is C23H21N3O4. The fraction of sp³-hybridized carbons (Fsp3) is 0.174. The lowest BCUT2D eigenvalue weighted by molar-refractivity contribution is -0.129. The van der Waals surface area contributed by atoms with Gasteiger partial charge in [-0.05, 0) is 18.2 Å². The molecule has 0 saturated carbocycles. The number of anilines is 1. The minimum absolute atomic E-state index is 0.162. The second kappa shape index (κ2) is 8.65. The predicted molar refractivity (Wildman–Crippen MR) is 111 cm³/mol. The Morgan fingerprint density at radius 2 is 1.87 bits per heavy atom. The molecule has 1 atom stereocenters. The SMILES string of the molecule is COc1ccccc1CNC(=O)CN1C(=O)C(c2ccccc2)Oc2cccnc21. The van der Waals surface area contributed by atoms with E-state index in [0.717, 1.165) is 11.1 Å². The molecule has 1 N–H and O–H groups in total. The molecule has 30 heavy (non-hydrogen) atoms. The van der Waals surface area contributed by atoms with Crippen LogP contribution in [0.1, 0.15) is 17.2 Å². The maximum absolute atomic E-state index is 13.2. The molecule has 2 amide bonds. The van der Waals surface area contributed by atoms with Crippen molar-refractivity contribution < 1.29 is 19.1 Å². The van der Waals surface area contributed by atoms with Crippen LogP contribution in [0.15, 0.2) is 72.9 Å². The van der Waals surface area contributed by atoms with Gasteiger partial charge in [-0.15, -0.1) is 0 Å². The van der Waals surface area contributed by atoms with Gasteiger partial charge in [0.1, 0.15) is 12.3 Å². The number of rotatable bonds is 6. The van der Waals surface area contributed by atoms with Gasteiger partial charge in [0.2, 0.25) is 12.0 Å². The van der Waals surface area contributed by atoms with Crippen LogP contribution in [0.2, 0.25) is 0 Å². The zero-order valence-corrected chi connectivity index (χ0v) is 16.4. The van der Waals surface area contributed by atoms with E-state index in [4.69, 9.17) is 9.47 Å². The smallest absolute Gasteiger partial charge is 0.274 e. The molecular weight excluding hydrogens is 382 g/mol. The Labute approximate surface area is 174 Å². The molecule has 2 aromatic carbocycles. The lowest BCUT2D eigenvalue weighted by atomic mass is 10.1. The van der Waals surface area contributed by atoms with Crippen LogP contribution in [0.5, 0.6) is 11.5 Å². The molecule has 1 aliphatic rings. The number of benzene rings is 2. The van der Waals surface area contributed by atoms with Crippen LogP contribution >= 0.6 is 0 Å². The molecule has 152 valence electrons. The van der Waals surface area contributed by atoms with Crippen molar-refractivity contribution in [3.63, 3.8) is 0 Å². The summed E-state index contributed by atoms with van der Waals surface area (Å²) in [5.41, 5.74) is 1.57. The number of ether oxygens (including phenoxy) is 2. The molecule has 7 heteroatoms. The Bertz CT molecular complexity index is 1060. The summed E-state index contributed by atoms with van der Waals surface area (Å²) in [4.78, 5) is 31.5. The number of methoxy groups -OCH3 is 1. The van der Waals surface area contributed by atoms with E-state index in [-0.39, 0.29) is 18.4 Å². The van der Waals surface area contributed by atoms with Crippen molar-refractivity contribution in [3.05, 3.63) is 84.1 Å². The van der Waals surface area contributed by atoms with Crippen LogP contribution in [0.25, 0.3) is 0 Å². The normalized spacial score (nSPS) is 15.2. The van der Waals surface area contributed by atoms with Gasteiger partial charge in [-0.1, -0.05) is 48.5 Å². The standard InChI is InChI=1S/C23H21N3O4/c1-29-18-11-6-5-10-17(18)14-25-20(27)15-26-22-19(12-7-13-24-22)30-21(23(26)28)16-8-3-2-4-9-16/h2-13,21H,14-15H2,1H3,(H,25,27). The van der Waals surface area contributed by atoms with Gasteiger partial charge < -0.3 is 14.8 Å². The number of pyridine rings is 1. The fourth-order valence-corrected chi connectivity index (χ4v) is 3.33. The summed E-state index contributed by atoms with van der Waals surface area (Å²) in [5.74, 6) is 0.849. The van der Waals surface area contributed by atoms with E-state index in [1.807, 2.05) is 54.6 Å². The lowest BCUT2D eigenvalue weighted by Crippen LogP contribution is -2.46. The third kappa shape index (κ3) is 3.96. The molecule has 7 nitrogen and oxygen atoms in total. The number of aromatic nitrogens is 1. The number of hydrogen-bond donors (Lipinski definition) is 1. The van der Waals surface area contributed by atoms with Gasteiger partial charge in [-0.2, -0.15) is 0 Å².